The summed E-state index contributed by atoms with van der Waals surface area (Å²) in [7, 11) is 0. The summed E-state index contributed by atoms with van der Waals surface area (Å²) in [5.41, 5.74) is 0.906. The van der Waals surface area contributed by atoms with Crippen molar-refractivity contribution in [3.63, 3.8) is 0 Å². The maximum absolute atomic E-state index is 5.27. The highest BCUT2D eigenvalue weighted by atomic mass is 35.5. The van der Waals surface area contributed by atoms with Crippen LogP contribution in [-0.4, -0.2) is 6.07 Å². The molecule has 1 nitrogen and oxygen atoms in total. The fourth-order valence-corrected chi connectivity index (χ4v) is 0.671. The van der Waals surface area contributed by atoms with Gasteiger partial charge in [-0.15, -0.1) is 0 Å². The topological polar surface area (TPSA) is 9.23 Å². The zero-order valence-corrected chi connectivity index (χ0v) is 6.14. The van der Waals surface area contributed by atoms with Crippen molar-refractivity contribution in [2.45, 2.75) is 0 Å². The van der Waals surface area contributed by atoms with Gasteiger partial charge < -0.3 is 4.74 Å². The number of ether oxygens (including phenoxy) is 1. The minimum absolute atomic E-state index is 0.148. The van der Waals surface area contributed by atoms with Gasteiger partial charge in [0.15, 0.2) is 6.61 Å². The Bertz CT molecular complexity index is 174. The van der Waals surface area contributed by atoms with Crippen LogP contribution in [0.3, 0.4) is 0 Å². The van der Waals surface area contributed by atoms with Crippen molar-refractivity contribution < 1.29 is 4.74 Å². The quantitative estimate of drug-likeness (QED) is 0.607. The highest BCUT2D eigenvalue weighted by molar-refractivity contribution is 6.17. The van der Waals surface area contributed by atoms with Crippen LogP contribution in [0.25, 0.3) is 0 Å². The van der Waals surface area contributed by atoms with Gasteiger partial charge in [0.25, 0.3) is 0 Å². The third-order valence-electron chi connectivity index (χ3n) is 1.02. The number of hydrogen-bond acceptors (Lipinski definition) is 1. The molecule has 0 atom stereocenters. The summed E-state index contributed by atoms with van der Waals surface area (Å²) in [6.07, 6.45) is 0. The van der Waals surface area contributed by atoms with E-state index in [1.54, 1.807) is 0 Å². The molecule has 0 saturated carbocycles. The lowest BCUT2D eigenvalue weighted by atomic mass is 10.2. The van der Waals surface area contributed by atoms with Crippen LogP contribution in [0.5, 0.6) is 0 Å². The Kier molecular flexibility index (Phi) is 3.27. The maximum Gasteiger partial charge on any atom is 0.167 e. The Labute approximate surface area is 65.6 Å². The highest BCUT2D eigenvalue weighted by Crippen LogP contribution is 2.02. The van der Waals surface area contributed by atoms with Crippen LogP contribution in [0.2, 0.25) is 0 Å². The van der Waals surface area contributed by atoms with E-state index in [4.69, 9.17) is 16.3 Å². The van der Waals surface area contributed by atoms with E-state index in [-0.39, 0.29) is 6.07 Å². The van der Waals surface area contributed by atoms with Gasteiger partial charge in [0.1, 0.15) is 6.07 Å². The van der Waals surface area contributed by atoms with Crippen LogP contribution >= 0.6 is 11.6 Å². The molecule has 0 fully saturated rings. The van der Waals surface area contributed by atoms with Gasteiger partial charge >= 0.3 is 0 Å². The van der Waals surface area contributed by atoms with E-state index < -0.39 is 0 Å². The molecule has 1 rings (SSSR count). The van der Waals surface area contributed by atoms with Crippen LogP contribution in [0.1, 0.15) is 5.56 Å². The van der Waals surface area contributed by atoms with Gasteiger partial charge in [-0.25, -0.2) is 0 Å². The zero-order chi connectivity index (χ0) is 7.23. The maximum atomic E-state index is 5.27. The predicted molar refractivity (Wildman–Crippen MR) is 40.6 cm³/mol. The summed E-state index contributed by atoms with van der Waals surface area (Å²) < 4.78 is 4.73. The van der Waals surface area contributed by atoms with Gasteiger partial charge in [-0.05, 0) is 5.56 Å². The minimum Gasteiger partial charge on any atom is -0.347 e. The smallest absolute Gasteiger partial charge is 0.167 e. The minimum atomic E-state index is 0.148. The fraction of sp³-hybridized carbons (Fsp3) is 0.125. The molecule has 1 aromatic rings. The number of benzene rings is 1. The molecule has 0 spiro atoms. The van der Waals surface area contributed by atoms with Crippen LogP contribution in [-0.2, 0) is 4.74 Å². The van der Waals surface area contributed by atoms with Crippen molar-refractivity contribution >= 4 is 11.6 Å². The summed E-state index contributed by atoms with van der Waals surface area (Å²) >= 11 is 5.27. The van der Waals surface area contributed by atoms with Gasteiger partial charge in [0.2, 0.25) is 0 Å². The monoisotopic (exact) mass is 154 g/mol. The molecule has 0 N–H and O–H groups in total. The van der Waals surface area contributed by atoms with Crippen molar-refractivity contribution in [2.75, 3.05) is 6.07 Å². The summed E-state index contributed by atoms with van der Waals surface area (Å²) in [6, 6.07) is 9.71. The van der Waals surface area contributed by atoms with Crippen LogP contribution in [0.4, 0.5) is 0 Å². The third kappa shape index (κ3) is 2.38. The highest BCUT2D eigenvalue weighted by Gasteiger charge is 1.90. The largest absolute Gasteiger partial charge is 0.347 e. The Hall–Kier alpha value is -0.530. The first-order valence-electron chi connectivity index (χ1n) is 2.92. The third-order valence-corrected chi connectivity index (χ3v) is 1.13. The molecule has 2 radical (unpaired) electrons. The molecule has 1 aromatic carbocycles. The molecule has 0 aliphatic rings. The molecular weight excluding hydrogens is 148 g/mol. The molecule has 0 heterocycles. The molecule has 0 saturated heterocycles. The molecule has 0 unspecified atom stereocenters. The number of alkyl halides is 1. The molecule has 0 bridgehead atoms. The summed E-state index contributed by atoms with van der Waals surface area (Å²) in [6.45, 7) is 2.66. The number of hydrogen-bond donors (Lipinski definition) is 0. The van der Waals surface area contributed by atoms with E-state index in [1.807, 2.05) is 30.3 Å². The van der Waals surface area contributed by atoms with Crippen LogP contribution < -0.4 is 0 Å². The van der Waals surface area contributed by atoms with Crippen LogP contribution in [0.15, 0.2) is 30.3 Å². The molecule has 0 aromatic heterocycles. The molecule has 52 valence electrons. The molecule has 2 heteroatoms. The Morgan fingerprint density at radius 1 is 1.30 bits per heavy atom. The molecule has 0 aliphatic heterocycles. The summed E-state index contributed by atoms with van der Waals surface area (Å²) in [5, 5.41) is 0. The van der Waals surface area contributed by atoms with E-state index in [2.05, 4.69) is 6.61 Å². The zero-order valence-electron chi connectivity index (χ0n) is 5.38. The first-order chi connectivity index (χ1) is 4.93. The van der Waals surface area contributed by atoms with Crippen molar-refractivity contribution in [3.8, 4) is 0 Å². The van der Waals surface area contributed by atoms with Crippen LogP contribution in [0, 0.1) is 6.61 Å². The fourth-order valence-electron chi connectivity index (χ4n) is 0.617. The van der Waals surface area contributed by atoms with Gasteiger partial charge in [0, 0.05) is 0 Å². The Balaban J connectivity index is 2.43. The first kappa shape index (κ1) is 7.58. The second-order valence-electron chi connectivity index (χ2n) is 1.72. The summed E-state index contributed by atoms with van der Waals surface area (Å²) in [5.74, 6) is 0. The lowest BCUT2D eigenvalue weighted by Gasteiger charge is -1.95. The molecule has 0 amide bonds. The number of rotatable bonds is 3. The first-order valence-corrected chi connectivity index (χ1v) is 3.46. The van der Waals surface area contributed by atoms with Crippen molar-refractivity contribution in [1.29, 1.82) is 0 Å². The van der Waals surface area contributed by atoms with Crippen molar-refractivity contribution in [3.05, 3.63) is 42.5 Å². The van der Waals surface area contributed by atoms with Gasteiger partial charge in [-0.1, -0.05) is 41.9 Å². The summed E-state index contributed by atoms with van der Waals surface area (Å²) in [4.78, 5) is 0. The molecule has 0 aliphatic carbocycles. The van der Waals surface area contributed by atoms with Crippen molar-refractivity contribution in [1.82, 2.24) is 0 Å². The van der Waals surface area contributed by atoms with E-state index in [1.165, 1.54) is 0 Å². The Morgan fingerprint density at radius 2 is 2.00 bits per heavy atom. The average molecular weight is 155 g/mol. The Morgan fingerprint density at radius 3 is 2.60 bits per heavy atom. The molecular formula is C8H7ClO. The lowest BCUT2D eigenvalue weighted by Crippen LogP contribution is -1.85. The number of halogens is 1. The van der Waals surface area contributed by atoms with Gasteiger partial charge in [-0.3, -0.25) is 0 Å². The average Bonchev–Trinajstić information content (AvgIpc) is 2.03. The van der Waals surface area contributed by atoms with Gasteiger partial charge in [0.05, 0.1) is 0 Å². The lowest BCUT2D eigenvalue weighted by molar-refractivity contribution is 0.269. The SMILES string of the molecule is ClCO[C]c1ccccc1. The van der Waals surface area contributed by atoms with E-state index in [0.717, 1.165) is 5.56 Å². The second kappa shape index (κ2) is 4.31. The normalized spacial score (nSPS) is 9.70. The van der Waals surface area contributed by atoms with E-state index in [0.29, 0.717) is 0 Å². The second-order valence-corrected chi connectivity index (χ2v) is 1.94. The predicted octanol–water partition coefficient (Wildman–Crippen LogP) is 2.29. The van der Waals surface area contributed by atoms with Crippen molar-refractivity contribution in [2.24, 2.45) is 0 Å². The molecule has 10 heavy (non-hydrogen) atoms. The standard InChI is InChI=1S/C8H7ClO/c9-7-10-6-8-4-2-1-3-5-8/h1-5H,7H2. The van der Waals surface area contributed by atoms with E-state index in [9.17, 15) is 0 Å². The van der Waals surface area contributed by atoms with Gasteiger partial charge in [-0.2, -0.15) is 0 Å². The van der Waals surface area contributed by atoms with E-state index >= 15 is 0 Å².